The Labute approximate surface area is 70.1 Å². The fourth-order valence-electron chi connectivity index (χ4n) is 1.70. The molecule has 2 N–H and O–H groups in total. The van der Waals surface area contributed by atoms with Crippen LogP contribution in [0.4, 0.5) is 0 Å². The summed E-state index contributed by atoms with van der Waals surface area (Å²) in [6.07, 6.45) is 0.733. The minimum Gasteiger partial charge on any atom is -0.694 e. The van der Waals surface area contributed by atoms with Crippen molar-refractivity contribution in [3.8, 4) is 0 Å². The topological polar surface area (TPSA) is 71.7 Å². The van der Waals surface area contributed by atoms with Gasteiger partial charge in [-0.1, -0.05) is 0 Å². The Bertz CT molecular complexity index is 208. The molecule has 0 spiro atoms. The van der Waals surface area contributed by atoms with Crippen LogP contribution in [0, 0.1) is 5.21 Å². The minimum atomic E-state index is -0.260. The second kappa shape index (κ2) is 2.87. The van der Waals surface area contributed by atoms with Crippen LogP contribution in [0.25, 0.3) is 0 Å². The summed E-state index contributed by atoms with van der Waals surface area (Å²) in [6, 6.07) is -0.0127. The third kappa shape index (κ3) is 1.03. The fourth-order valence-corrected chi connectivity index (χ4v) is 1.70. The van der Waals surface area contributed by atoms with Gasteiger partial charge < -0.3 is 9.94 Å². The number of hydroxylamine groups is 1. The first-order valence-corrected chi connectivity index (χ1v) is 4.01. The van der Waals surface area contributed by atoms with Crippen LogP contribution in [-0.2, 0) is 4.74 Å². The van der Waals surface area contributed by atoms with Crippen molar-refractivity contribution < 1.29 is 9.60 Å². The monoisotopic (exact) mass is 172 g/mol. The van der Waals surface area contributed by atoms with Gasteiger partial charge in [-0.25, -0.2) is 0 Å². The van der Waals surface area contributed by atoms with Crippen LogP contribution in [0.1, 0.15) is 6.42 Å². The van der Waals surface area contributed by atoms with Gasteiger partial charge in [0.2, 0.25) is 6.17 Å². The van der Waals surface area contributed by atoms with Crippen LogP contribution in [-0.4, -0.2) is 36.8 Å². The Morgan fingerprint density at radius 2 is 2.50 bits per heavy atom. The van der Waals surface area contributed by atoms with Gasteiger partial charge in [0.05, 0.1) is 5.22 Å². The van der Waals surface area contributed by atoms with Gasteiger partial charge in [-0.05, 0) is 6.42 Å². The van der Waals surface area contributed by atoms with Crippen LogP contribution >= 0.6 is 0 Å². The van der Waals surface area contributed by atoms with Crippen molar-refractivity contribution in [2.24, 2.45) is 5.22 Å². The van der Waals surface area contributed by atoms with E-state index in [0.717, 1.165) is 13.0 Å². The van der Waals surface area contributed by atoms with Crippen molar-refractivity contribution in [3.05, 3.63) is 5.21 Å². The second-order valence-corrected chi connectivity index (χ2v) is 3.02. The van der Waals surface area contributed by atoms with Crippen LogP contribution < -0.4 is 10.7 Å². The number of ether oxygens (including phenoxy) is 1. The molecule has 68 valence electrons. The van der Waals surface area contributed by atoms with E-state index in [1.807, 2.05) is 0 Å². The molecule has 1 fully saturated rings. The van der Waals surface area contributed by atoms with Crippen LogP contribution in [0.15, 0.2) is 5.22 Å². The molecule has 2 rings (SSSR count). The molecule has 0 aromatic rings. The number of rotatable bonds is 1. The van der Waals surface area contributed by atoms with E-state index in [1.54, 1.807) is 7.11 Å². The van der Waals surface area contributed by atoms with E-state index in [1.165, 1.54) is 0 Å². The smallest absolute Gasteiger partial charge is 0.217 e. The molecule has 0 radical (unpaired) electrons. The lowest BCUT2D eigenvalue weighted by molar-refractivity contribution is -0.563. The number of fused-ring (bicyclic) bond motifs is 1. The maximum Gasteiger partial charge on any atom is 0.217 e. The zero-order valence-electron chi connectivity index (χ0n) is 6.86. The normalized spacial score (nSPS) is 40.1. The van der Waals surface area contributed by atoms with E-state index in [4.69, 9.17) is 4.74 Å². The number of hydrogen-bond donors (Lipinski definition) is 2. The maximum atomic E-state index is 11.0. The van der Waals surface area contributed by atoms with E-state index in [9.17, 15) is 5.21 Å². The molecular formula is C6H12N4O2. The van der Waals surface area contributed by atoms with Gasteiger partial charge in [0.15, 0.2) is 6.04 Å². The Balaban J connectivity index is 2.08. The summed E-state index contributed by atoms with van der Waals surface area (Å²) in [5.74, 6) is 0. The summed E-state index contributed by atoms with van der Waals surface area (Å²) in [6.45, 7) is 0.801. The molecule has 1 saturated heterocycles. The number of hydrogen-bond acceptors (Lipinski definition) is 5. The molecule has 0 aromatic heterocycles. The van der Waals surface area contributed by atoms with Crippen molar-refractivity contribution in [2.75, 3.05) is 13.7 Å². The molecule has 0 amide bonds. The maximum absolute atomic E-state index is 11.0. The molecule has 12 heavy (non-hydrogen) atoms. The summed E-state index contributed by atoms with van der Waals surface area (Å²) >= 11 is 0. The quantitative estimate of drug-likeness (QED) is 0.400. The SMILES string of the molecule is COC1CCNC2C1NN=[N+]2[O-]. The largest absolute Gasteiger partial charge is 0.694 e. The number of nitrogens with zero attached hydrogens (tertiary/aromatic N) is 2. The fraction of sp³-hybridized carbons (Fsp3) is 1.00. The molecule has 0 aliphatic carbocycles. The van der Waals surface area contributed by atoms with Crippen LogP contribution in [0.5, 0.6) is 0 Å². The predicted molar refractivity (Wildman–Crippen MR) is 40.2 cm³/mol. The van der Waals surface area contributed by atoms with Gasteiger partial charge in [0.1, 0.15) is 6.10 Å². The molecule has 0 aromatic carbocycles. The van der Waals surface area contributed by atoms with E-state index < -0.39 is 0 Å². The van der Waals surface area contributed by atoms with Crippen molar-refractivity contribution >= 4 is 0 Å². The lowest BCUT2D eigenvalue weighted by atomic mass is 10.0. The van der Waals surface area contributed by atoms with Crippen molar-refractivity contribution in [3.63, 3.8) is 0 Å². The lowest BCUT2D eigenvalue weighted by Crippen LogP contribution is -2.57. The van der Waals surface area contributed by atoms with Gasteiger partial charge in [-0.3, -0.25) is 5.32 Å². The van der Waals surface area contributed by atoms with E-state index in [2.05, 4.69) is 16.0 Å². The molecule has 2 aliphatic heterocycles. The molecular weight excluding hydrogens is 160 g/mol. The summed E-state index contributed by atoms with van der Waals surface area (Å²) < 4.78 is 5.23. The highest BCUT2D eigenvalue weighted by molar-refractivity contribution is 4.88. The Hall–Kier alpha value is -0.880. The lowest BCUT2D eigenvalue weighted by Gasteiger charge is -2.29. The minimum absolute atomic E-state index is 0.0127. The molecule has 2 heterocycles. The number of nitrogens with one attached hydrogen (secondary N) is 2. The van der Waals surface area contributed by atoms with Gasteiger partial charge in [-0.2, -0.15) is 5.43 Å². The third-order valence-corrected chi connectivity index (χ3v) is 2.37. The molecule has 0 saturated carbocycles. The molecule has 3 atom stereocenters. The van der Waals surface area contributed by atoms with Crippen LogP contribution in [0.2, 0.25) is 0 Å². The average molecular weight is 172 g/mol. The molecule has 3 unspecified atom stereocenters. The van der Waals surface area contributed by atoms with Gasteiger partial charge >= 0.3 is 0 Å². The highest BCUT2D eigenvalue weighted by Gasteiger charge is 2.43. The van der Waals surface area contributed by atoms with Gasteiger partial charge in [-0.15, -0.1) is 4.86 Å². The highest BCUT2D eigenvalue weighted by Crippen LogP contribution is 2.16. The van der Waals surface area contributed by atoms with Crippen LogP contribution in [0.3, 0.4) is 0 Å². The Morgan fingerprint density at radius 1 is 1.67 bits per heavy atom. The van der Waals surface area contributed by atoms with Gasteiger partial charge in [0.25, 0.3) is 0 Å². The summed E-state index contributed by atoms with van der Waals surface area (Å²) in [5, 5.41) is 17.7. The summed E-state index contributed by atoms with van der Waals surface area (Å²) in [4.78, 5) is 0.663. The first-order valence-electron chi connectivity index (χ1n) is 4.01. The average Bonchev–Trinajstić information content (AvgIpc) is 2.48. The van der Waals surface area contributed by atoms with E-state index in [-0.39, 0.29) is 18.3 Å². The van der Waals surface area contributed by atoms with Crippen molar-refractivity contribution in [1.82, 2.24) is 10.7 Å². The van der Waals surface area contributed by atoms with Gasteiger partial charge in [0, 0.05) is 13.7 Å². The summed E-state index contributed by atoms with van der Waals surface area (Å²) in [5.41, 5.74) is 2.76. The zero-order chi connectivity index (χ0) is 8.55. The van der Waals surface area contributed by atoms with Crippen molar-refractivity contribution in [2.45, 2.75) is 24.7 Å². The predicted octanol–water partition coefficient (Wildman–Crippen LogP) is -0.830. The summed E-state index contributed by atoms with van der Waals surface area (Å²) in [7, 11) is 1.65. The zero-order valence-corrected chi connectivity index (χ0v) is 6.86. The third-order valence-electron chi connectivity index (χ3n) is 2.37. The first-order chi connectivity index (χ1) is 5.83. The number of methoxy groups -OCH3 is 1. The highest BCUT2D eigenvalue weighted by atomic mass is 16.5. The molecule has 0 bridgehead atoms. The first kappa shape index (κ1) is 7.75. The molecule has 6 heteroatoms. The molecule has 6 nitrogen and oxygen atoms in total. The Kier molecular flexibility index (Phi) is 1.86. The van der Waals surface area contributed by atoms with E-state index >= 15 is 0 Å². The number of piperidine rings is 1. The van der Waals surface area contributed by atoms with Crippen molar-refractivity contribution in [1.29, 1.82) is 0 Å². The standard InChI is InChI=1S/C6H12N4O2/c1-12-4-2-3-7-6-5(4)8-9-10(6)11/h4-8H,2-3H2,1H3. The van der Waals surface area contributed by atoms with E-state index in [0.29, 0.717) is 4.86 Å². The Morgan fingerprint density at radius 3 is 3.25 bits per heavy atom. The molecule has 2 aliphatic rings. The second-order valence-electron chi connectivity index (χ2n) is 3.02.